The molecular weight excluding hydrogens is 366 g/mol. The molecule has 1 heterocycles. The van der Waals surface area contributed by atoms with E-state index in [1.165, 1.54) is 29.5 Å². The van der Waals surface area contributed by atoms with Crippen molar-refractivity contribution in [2.24, 2.45) is 0 Å². The van der Waals surface area contributed by atoms with Crippen LogP contribution in [0.25, 0.3) is 11.1 Å². The molecular formula is C20H17NO5S. The van der Waals surface area contributed by atoms with E-state index in [9.17, 15) is 14.9 Å². The molecule has 0 fully saturated rings. The lowest BCUT2D eigenvalue weighted by atomic mass is 10.0. The Bertz CT molecular complexity index is 978. The zero-order chi connectivity index (χ0) is 19.4. The molecule has 138 valence electrons. The molecule has 0 saturated heterocycles. The van der Waals surface area contributed by atoms with E-state index in [1.54, 1.807) is 37.4 Å². The van der Waals surface area contributed by atoms with Gasteiger partial charge in [0, 0.05) is 22.6 Å². The quantitative estimate of drug-likeness (QED) is 0.329. The molecule has 0 amide bonds. The van der Waals surface area contributed by atoms with E-state index in [0.717, 1.165) is 10.4 Å². The number of carbonyl (C=O) groups excluding carboxylic acids is 1. The summed E-state index contributed by atoms with van der Waals surface area (Å²) in [5.41, 5.74) is 1.23. The molecule has 0 aliphatic heterocycles. The van der Waals surface area contributed by atoms with Crippen LogP contribution in [-0.2, 0) is 0 Å². The van der Waals surface area contributed by atoms with Gasteiger partial charge in [0.05, 0.1) is 16.9 Å². The number of hydrogen-bond acceptors (Lipinski definition) is 6. The molecule has 0 saturated carbocycles. The van der Waals surface area contributed by atoms with E-state index in [2.05, 4.69) is 0 Å². The van der Waals surface area contributed by atoms with Crippen molar-refractivity contribution in [1.29, 1.82) is 0 Å². The van der Waals surface area contributed by atoms with Crippen LogP contribution in [0, 0.1) is 17.0 Å². The van der Waals surface area contributed by atoms with Crippen LogP contribution in [0.2, 0.25) is 0 Å². The lowest BCUT2D eigenvalue weighted by molar-refractivity contribution is -0.384. The third-order valence-electron chi connectivity index (χ3n) is 3.95. The smallest absolute Gasteiger partial charge is 0.270 e. The predicted octanol–water partition coefficient (Wildman–Crippen LogP) is 4.90. The molecule has 3 rings (SSSR count). The van der Waals surface area contributed by atoms with E-state index in [4.69, 9.17) is 9.47 Å². The molecule has 0 radical (unpaired) electrons. The summed E-state index contributed by atoms with van der Waals surface area (Å²) in [5.74, 6) is 0.953. The molecule has 0 aliphatic rings. The van der Waals surface area contributed by atoms with Crippen molar-refractivity contribution >= 4 is 22.8 Å². The minimum absolute atomic E-state index is 0.0478. The first kappa shape index (κ1) is 18.6. The number of nitrogens with zero attached hydrogens (tertiary/aromatic N) is 1. The van der Waals surface area contributed by atoms with Gasteiger partial charge in [-0.2, -0.15) is 0 Å². The maximum absolute atomic E-state index is 12.3. The van der Waals surface area contributed by atoms with Gasteiger partial charge in [-0.05, 0) is 42.8 Å². The topological polar surface area (TPSA) is 78.7 Å². The van der Waals surface area contributed by atoms with Crippen LogP contribution in [0.5, 0.6) is 11.5 Å². The van der Waals surface area contributed by atoms with Crippen LogP contribution in [0.4, 0.5) is 5.69 Å². The molecule has 27 heavy (non-hydrogen) atoms. The van der Waals surface area contributed by atoms with Gasteiger partial charge in [0.2, 0.25) is 5.78 Å². The van der Waals surface area contributed by atoms with Crippen molar-refractivity contribution < 1.29 is 19.2 Å². The number of rotatable bonds is 7. The fourth-order valence-electron chi connectivity index (χ4n) is 2.55. The number of ketones is 1. The second-order valence-corrected chi connectivity index (χ2v) is 7.08. The minimum Gasteiger partial charge on any atom is -0.497 e. The third-order valence-corrected chi connectivity index (χ3v) is 4.99. The molecule has 6 nitrogen and oxygen atoms in total. The number of nitro benzene ring substituents is 1. The van der Waals surface area contributed by atoms with E-state index >= 15 is 0 Å². The Balaban J connectivity index is 1.89. The lowest BCUT2D eigenvalue weighted by Crippen LogP contribution is -2.10. The Morgan fingerprint density at radius 3 is 2.44 bits per heavy atom. The molecule has 0 spiro atoms. The Morgan fingerprint density at radius 1 is 1.11 bits per heavy atom. The summed E-state index contributed by atoms with van der Waals surface area (Å²) in [4.78, 5) is 24.7. The summed E-state index contributed by atoms with van der Waals surface area (Å²) in [5, 5.41) is 11.1. The summed E-state index contributed by atoms with van der Waals surface area (Å²) < 4.78 is 10.9. The zero-order valence-corrected chi connectivity index (χ0v) is 15.6. The van der Waals surface area contributed by atoms with E-state index < -0.39 is 4.92 Å². The first-order valence-electron chi connectivity index (χ1n) is 8.13. The number of methoxy groups -OCH3 is 1. The van der Waals surface area contributed by atoms with Crippen molar-refractivity contribution in [3.8, 4) is 22.6 Å². The van der Waals surface area contributed by atoms with Crippen LogP contribution < -0.4 is 9.47 Å². The second kappa shape index (κ2) is 8.01. The van der Waals surface area contributed by atoms with Gasteiger partial charge < -0.3 is 9.47 Å². The van der Waals surface area contributed by atoms with E-state index in [0.29, 0.717) is 21.9 Å². The number of nitro groups is 1. The highest BCUT2D eigenvalue weighted by molar-refractivity contribution is 7.14. The average molecular weight is 383 g/mol. The zero-order valence-electron chi connectivity index (χ0n) is 14.8. The van der Waals surface area contributed by atoms with Gasteiger partial charge in [0.25, 0.3) is 5.69 Å². The van der Waals surface area contributed by atoms with E-state index in [-0.39, 0.29) is 18.1 Å². The number of benzene rings is 2. The summed E-state index contributed by atoms with van der Waals surface area (Å²) in [6, 6.07) is 15.1. The number of hydrogen-bond donors (Lipinski definition) is 0. The number of Topliss-reactive ketones (excluding diaryl/α,β-unsaturated/α-hetero) is 1. The third kappa shape index (κ3) is 4.32. The SMILES string of the molecule is COc1ccc(-c2cc([N+](=O)[O-])ccc2OCC(=O)c2ccc(C)s2)cc1. The second-order valence-electron chi connectivity index (χ2n) is 5.79. The van der Waals surface area contributed by atoms with Gasteiger partial charge >= 0.3 is 0 Å². The van der Waals surface area contributed by atoms with Crippen molar-refractivity contribution in [3.05, 3.63) is 74.5 Å². The monoisotopic (exact) mass is 383 g/mol. The van der Waals surface area contributed by atoms with Gasteiger partial charge in [0.1, 0.15) is 11.5 Å². The van der Waals surface area contributed by atoms with Gasteiger partial charge in [0.15, 0.2) is 6.61 Å². The Hall–Kier alpha value is -3.19. The van der Waals surface area contributed by atoms with E-state index in [1.807, 2.05) is 13.0 Å². The Kier molecular flexibility index (Phi) is 5.52. The van der Waals surface area contributed by atoms with Crippen molar-refractivity contribution in [2.75, 3.05) is 13.7 Å². The largest absolute Gasteiger partial charge is 0.497 e. The maximum Gasteiger partial charge on any atom is 0.270 e. The van der Waals surface area contributed by atoms with Crippen LogP contribution in [0.1, 0.15) is 14.5 Å². The molecule has 0 bridgehead atoms. The average Bonchev–Trinajstić information content (AvgIpc) is 3.12. The van der Waals surface area contributed by atoms with Crippen molar-refractivity contribution in [1.82, 2.24) is 0 Å². The molecule has 0 N–H and O–H groups in total. The van der Waals surface area contributed by atoms with Crippen LogP contribution in [-0.4, -0.2) is 24.4 Å². The fourth-order valence-corrected chi connectivity index (χ4v) is 3.34. The normalized spacial score (nSPS) is 10.4. The molecule has 0 aliphatic carbocycles. The highest BCUT2D eigenvalue weighted by Crippen LogP contribution is 2.34. The molecule has 2 aromatic carbocycles. The van der Waals surface area contributed by atoms with Crippen LogP contribution in [0.3, 0.4) is 0 Å². The van der Waals surface area contributed by atoms with Crippen LogP contribution >= 0.6 is 11.3 Å². The molecule has 7 heteroatoms. The van der Waals surface area contributed by atoms with Crippen LogP contribution in [0.15, 0.2) is 54.6 Å². The Labute approximate surface area is 160 Å². The fraction of sp³-hybridized carbons (Fsp3) is 0.150. The summed E-state index contributed by atoms with van der Waals surface area (Å²) in [7, 11) is 1.56. The highest BCUT2D eigenvalue weighted by atomic mass is 32.1. The predicted molar refractivity (Wildman–Crippen MR) is 104 cm³/mol. The molecule has 0 atom stereocenters. The first-order valence-corrected chi connectivity index (χ1v) is 8.95. The summed E-state index contributed by atoms with van der Waals surface area (Å²) in [6.45, 7) is 1.79. The highest BCUT2D eigenvalue weighted by Gasteiger charge is 2.16. The number of thiophene rings is 1. The standard InChI is InChI=1S/C20H17NO5S/c1-13-3-10-20(27-13)18(22)12-26-19-9-6-15(21(23)24)11-17(19)14-4-7-16(25-2)8-5-14/h3-11H,12H2,1-2H3. The number of ether oxygens (including phenoxy) is 2. The summed E-state index contributed by atoms with van der Waals surface area (Å²) >= 11 is 1.41. The van der Waals surface area contributed by atoms with Gasteiger partial charge in [-0.25, -0.2) is 0 Å². The lowest BCUT2D eigenvalue weighted by Gasteiger charge is -2.11. The number of aryl methyl sites for hydroxylation is 1. The van der Waals surface area contributed by atoms with Crippen molar-refractivity contribution in [2.45, 2.75) is 6.92 Å². The Morgan fingerprint density at radius 2 is 1.85 bits per heavy atom. The number of non-ortho nitro benzene ring substituents is 1. The molecule has 3 aromatic rings. The molecule has 1 aromatic heterocycles. The van der Waals surface area contributed by atoms with Gasteiger partial charge in [-0.15, -0.1) is 11.3 Å². The van der Waals surface area contributed by atoms with Gasteiger partial charge in [-0.3, -0.25) is 14.9 Å². The molecule has 0 unspecified atom stereocenters. The first-order chi connectivity index (χ1) is 13.0. The van der Waals surface area contributed by atoms with Gasteiger partial charge in [-0.1, -0.05) is 12.1 Å². The minimum atomic E-state index is -0.462. The summed E-state index contributed by atoms with van der Waals surface area (Å²) in [6.07, 6.45) is 0. The maximum atomic E-state index is 12.3. The number of carbonyl (C=O) groups is 1. The van der Waals surface area contributed by atoms with Crippen molar-refractivity contribution in [3.63, 3.8) is 0 Å².